The van der Waals surface area contributed by atoms with Gasteiger partial charge in [0, 0.05) is 5.69 Å². The van der Waals surface area contributed by atoms with Crippen LogP contribution in [-0.4, -0.2) is 10.5 Å². The van der Waals surface area contributed by atoms with Gasteiger partial charge >= 0.3 is 0 Å². The van der Waals surface area contributed by atoms with Crippen LogP contribution in [-0.2, 0) is 0 Å². The molecule has 0 atom stereocenters. The van der Waals surface area contributed by atoms with Crippen molar-refractivity contribution in [3.63, 3.8) is 0 Å². The lowest BCUT2D eigenvalue weighted by Gasteiger charge is -2.04. The summed E-state index contributed by atoms with van der Waals surface area (Å²) in [5, 5.41) is 0. The number of amides is 1. The first-order valence-corrected chi connectivity index (χ1v) is 5.70. The molecule has 82 valence electrons. The molecule has 0 saturated heterocycles. The fourth-order valence-corrected chi connectivity index (χ4v) is 2.60. The lowest BCUT2D eigenvalue weighted by molar-refractivity contribution is 0.100. The predicted octanol–water partition coefficient (Wildman–Crippen LogP) is 1.95. The Morgan fingerprint density at radius 3 is 2.44 bits per heavy atom. The SMILES string of the molecule is NC(=O)c1sc(=S)n(-c2ccccc2)c1N. The lowest BCUT2D eigenvalue weighted by Crippen LogP contribution is -2.12. The van der Waals surface area contributed by atoms with Gasteiger partial charge in [-0.1, -0.05) is 29.5 Å². The highest BCUT2D eigenvalue weighted by Crippen LogP contribution is 2.25. The normalized spacial score (nSPS) is 10.2. The molecule has 4 N–H and O–H groups in total. The van der Waals surface area contributed by atoms with Crippen LogP contribution in [0.3, 0.4) is 0 Å². The number of hydrogen-bond donors (Lipinski definition) is 2. The first kappa shape index (κ1) is 10.8. The number of benzene rings is 1. The van der Waals surface area contributed by atoms with E-state index in [4.69, 9.17) is 23.7 Å². The Balaban J connectivity index is 2.68. The molecule has 0 bridgehead atoms. The number of thiazole rings is 1. The van der Waals surface area contributed by atoms with E-state index in [0.29, 0.717) is 14.6 Å². The highest BCUT2D eigenvalue weighted by atomic mass is 32.1. The fraction of sp³-hybridized carbons (Fsp3) is 0. The van der Waals surface area contributed by atoms with Crippen molar-refractivity contribution in [3.8, 4) is 5.69 Å². The van der Waals surface area contributed by atoms with E-state index in [1.54, 1.807) is 4.57 Å². The van der Waals surface area contributed by atoms with Crippen molar-refractivity contribution in [2.75, 3.05) is 5.73 Å². The van der Waals surface area contributed by atoms with E-state index in [2.05, 4.69) is 0 Å². The molecule has 0 spiro atoms. The second kappa shape index (κ2) is 4.07. The molecule has 1 aromatic carbocycles. The summed E-state index contributed by atoms with van der Waals surface area (Å²) in [5.74, 6) is -0.253. The zero-order valence-electron chi connectivity index (χ0n) is 8.21. The van der Waals surface area contributed by atoms with Crippen molar-refractivity contribution in [1.82, 2.24) is 4.57 Å². The zero-order valence-corrected chi connectivity index (χ0v) is 9.85. The molecular weight excluding hydrogens is 242 g/mol. The minimum absolute atomic E-state index is 0.300. The Labute approximate surface area is 101 Å². The highest BCUT2D eigenvalue weighted by Gasteiger charge is 2.14. The fourth-order valence-electron chi connectivity index (χ4n) is 1.38. The number of carbonyl (C=O) groups excluding carboxylic acids is 1. The number of nitrogens with two attached hydrogens (primary N) is 2. The highest BCUT2D eigenvalue weighted by molar-refractivity contribution is 7.73. The van der Waals surface area contributed by atoms with Gasteiger partial charge in [-0.25, -0.2) is 0 Å². The van der Waals surface area contributed by atoms with E-state index >= 15 is 0 Å². The summed E-state index contributed by atoms with van der Waals surface area (Å²) >= 11 is 6.28. The van der Waals surface area contributed by atoms with Gasteiger partial charge in [-0.15, -0.1) is 0 Å². The molecule has 16 heavy (non-hydrogen) atoms. The maximum atomic E-state index is 11.1. The number of hydrogen-bond acceptors (Lipinski definition) is 4. The molecule has 0 aliphatic heterocycles. The van der Waals surface area contributed by atoms with E-state index in [1.165, 1.54) is 0 Å². The molecule has 6 heteroatoms. The third-order valence-electron chi connectivity index (χ3n) is 2.08. The maximum Gasteiger partial charge on any atom is 0.262 e. The summed E-state index contributed by atoms with van der Waals surface area (Å²) in [7, 11) is 0. The summed E-state index contributed by atoms with van der Waals surface area (Å²) in [4.78, 5) is 11.4. The van der Waals surface area contributed by atoms with Gasteiger partial charge in [0.05, 0.1) is 0 Å². The van der Waals surface area contributed by atoms with Crippen LogP contribution in [0, 0.1) is 3.95 Å². The van der Waals surface area contributed by atoms with Crippen molar-refractivity contribution in [2.45, 2.75) is 0 Å². The Morgan fingerprint density at radius 2 is 1.94 bits per heavy atom. The van der Waals surface area contributed by atoms with Crippen molar-refractivity contribution in [1.29, 1.82) is 0 Å². The van der Waals surface area contributed by atoms with E-state index < -0.39 is 5.91 Å². The number of anilines is 1. The first-order valence-electron chi connectivity index (χ1n) is 4.48. The number of aromatic nitrogens is 1. The Morgan fingerprint density at radius 1 is 1.31 bits per heavy atom. The van der Waals surface area contributed by atoms with E-state index in [0.717, 1.165) is 17.0 Å². The molecule has 1 amide bonds. The first-order chi connectivity index (χ1) is 7.61. The topological polar surface area (TPSA) is 74.0 Å². The average molecular weight is 251 g/mol. The summed E-state index contributed by atoms with van der Waals surface area (Å²) in [6, 6.07) is 9.37. The van der Waals surface area contributed by atoms with Gasteiger partial charge in [0.15, 0.2) is 3.95 Å². The number of para-hydroxylation sites is 1. The summed E-state index contributed by atoms with van der Waals surface area (Å²) in [5.41, 5.74) is 11.9. The Kier molecular flexibility index (Phi) is 2.76. The van der Waals surface area contributed by atoms with Crippen LogP contribution >= 0.6 is 23.6 Å². The van der Waals surface area contributed by atoms with Gasteiger partial charge in [-0.3, -0.25) is 9.36 Å². The standard InChI is InChI=1S/C10H9N3OS2/c11-8-7(9(12)14)16-10(15)13(8)6-4-2-1-3-5-6/h1-5H,11H2,(H2,12,14). The molecule has 4 nitrogen and oxygen atoms in total. The van der Waals surface area contributed by atoms with Gasteiger partial charge in [0.2, 0.25) is 0 Å². The molecular formula is C10H9N3OS2. The summed E-state index contributed by atoms with van der Waals surface area (Å²) in [6.45, 7) is 0. The van der Waals surface area contributed by atoms with Gasteiger partial charge in [-0.2, -0.15) is 0 Å². The Hall–Kier alpha value is -1.66. The molecule has 0 aliphatic carbocycles. The van der Waals surface area contributed by atoms with Crippen LogP contribution in [0.15, 0.2) is 30.3 Å². The number of primary amides is 1. The van der Waals surface area contributed by atoms with E-state index in [1.807, 2.05) is 30.3 Å². The van der Waals surface area contributed by atoms with Gasteiger partial charge < -0.3 is 11.5 Å². The number of nitrogens with zero attached hydrogens (tertiary/aromatic N) is 1. The quantitative estimate of drug-likeness (QED) is 0.801. The van der Waals surface area contributed by atoms with Crippen LogP contribution in [0.4, 0.5) is 5.82 Å². The molecule has 2 aromatic rings. The van der Waals surface area contributed by atoms with Crippen LogP contribution in [0.25, 0.3) is 5.69 Å². The number of carbonyl (C=O) groups is 1. The van der Waals surface area contributed by atoms with Crippen molar-refractivity contribution in [2.24, 2.45) is 5.73 Å². The average Bonchev–Trinajstić information content (AvgIpc) is 2.56. The van der Waals surface area contributed by atoms with Crippen molar-refractivity contribution >= 4 is 35.3 Å². The molecule has 0 unspecified atom stereocenters. The number of nitrogen functional groups attached to an aromatic ring is 1. The zero-order chi connectivity index (χ0) is 11.7. The molecule has 1 aromatic heterocycles. The van der Waals surface area contributed by atoms with Gasteiger partial charge in [-0.05, 0) is 24.4 Å². The van der Waals surface area contributed by atoms with Crippen LogP contribution < -0.4 is 11.5 Å². The monoisotopic (exact) mass is 251 g/mol. The largest absolute Gasteiger partial charge is 0.383 e. The third-order valence-corrected chi connectivity index (χ3v) is 3.49. The second-order valence-electron chi connectivity index (χ2n) is 3.12. The van der Waals surface area contributed by atoms with E-state index in [9.17, 15) is 4.79 Å². The van der Waals surface area contributed by atoms with Crippen LogP contribution in [0.1, 0.15) is 9.67 Å². The molecule has 0 aliphatic rings. The Bertz CT molecular complexity index is 586. The molecule has 0 radical (unpaired) electrons. The van der Waals surface area contributed by atoms with Crippen LogP contribution in [0.2, 0.25) is 0 Å². The number of rotatable bonds is 2. The second-order valence-corrected chi connectivity index (χ2v) is 4.76. The predicted molar refractivity (Wildman–Crippen MR) is 67.4 cm³/mol. The molecule has 0 fully saturated rings. The van der Waals surface area contributed by atoms with Gasteiger partial charge in [0.1, 0.15) is 10.7 Å². The minimum Gasteiger partial charge on any atom is -0.383 e. The molecule has 1 heterocycles. The smallest absolute Gasteiger partial charge is 0.262 e. The maximum absolute atomic E-state index is 11.1. The van der Waals surface area contributed by atoms with Crippen molar-refractivity contribution < 1.29 is 4.79 Å². The third kappa shape index (κ3) is 1.72. The molecule has 2 rings (SSSR count). The lowest BCUT2D eigenvalue weighted by atomic mass is 10.3. The van der Waals surface area contributed by atoms with Crippen molar-refractivity contribution in [3.05, 3.63) is 39.2 Å². The minimum atomic E-state index is -0.553. The van der Waals surface area contributed by atoms with Gasteiger partial charge in [0.25, 0.3) is 5.91 Å². The summed E-state index contributed by atoms with van der Waals surface area (Å²) in [6.07, 6.45) is 0. The molecule has 0 saturated carbocycles. The summed E-state index contributed by atoms with van der Waals surface area (Å²) < 4.78 is 2.15. The van der Waals surface area contributed by atoms with E-state index in [-0.39, 0.29) is 0 Å². The van der Waals surface area contributed by atoms with Crippen LogP contribution in [0.5, 0.6) is 0 Å².